The topological polar surface area (TPSA) is 75.7 Å². The van der Waals surface area contributed by atoms with Gasteiger partial charge in [-0.2, -0.15) is 0 Å². The van der Waals surface area contributed by atoms with Crippen LogP contribution < -0.4 is 4.72 Å². The van der Waals surface area contributed by atoms with Crippen LogP contribution in [0, 0.1) is 6.92 Å². The van der Waals surface area contributed by atoms with Crippen LogP contribution >= 0.6 is 0 Å². The fourth-order valence-corrected chi connectivity index (χ4v) is 4.60. The maximum Gasteiger partial charge on any atom is 0.262 e. The molecule has 0 atom stereocenters. The number of para-hydroxylation sites is 1. The number of morpholine rings is 1. The van der Waals surface area contributed by atoms with Gasteiger partial charge in [0.1, 0.15) is 0 Å². The van der Waals surface area contributed by atoms with E-state index in [-0.39, 0.29) is 21.9 Å². The second-order valence-corrected chi connectivity index (χ2v) is 9.94. The average molecular weight is 417 g/mol. The highest BCUT2D eigenvalue weighted by Gasteiger charge is 2.25. The SMILES string of the molecule is Cc1ccc(C(C)(C)C)cc1S(=O)(=O)Nc1ccccc1C(=O)N1CCOCC1. The minimum Gasteiger partial charge on any atom is -0.378 e. The normalized spacial score (nSPS) is 15.2. The Bertz CT molecular complexity index is 1000. The van der Waals surface area contributed by atoms with Crippen molar-refractivity contribution in [3.63, 3.8) is 0 Å². The van der Waals surface area contributed by atoms with Crippen LogP contribution in [0.3, 0.4) is 0 Å². The van der Waals surface area contributed by atoms with Crippen LogP contribution in [0.5, 0.6) is 0 Å². The van der Waals surface area contributed by atoms with E-state index < -0.39 is 10.0 Å². The van der Waals surface area contributed by atoms with Crippen molar-refractivity contribution in [1.29, 1.82) is 0 Å². The highest BCUT2D eigenvalue weighted by atomic mass is 32.2. The van der Waals surface area contributed by atoms with Gasteiger partial charge in [0.15, 0.2) is 0 Å². The summed E-state index contributed by atoms with van der Waals surface area (Å²) in [5, 5.41) is 0. The highest BCUT2D eigenvalue weighted by molar-refractivity contribution is 7.92. The predicted octanol–water partition coefficient (Wildman–Crippen LogP) is 3.57. The third-order valence-electron chi connectivity index (χ3n) is 5.04. The summed E-state index contributed by atoms with van der Waals surface area (Å²) in [5.74, 6) is -0.202. The second kappa shape index (κ2) is 8.16. The number of nitrogens with zero attached hydrogens (tertiary/aromatic N) is 1. The number of amides is 1. The molecule has 1 amide bonds. The van der Waals surface area contributed by atoms with Gasteiger partial charge in [-0.15, -0.1) is 0 Å². The summed E-state index contributed by atoms with van der Waals surface area (Å²) in [7, 11) is -3.86. The van der Waals surface area contributed by atoms with E-state index in [1.165, 1.54) is 0 Å². The summed E-state index contributed by atoms with van der Waals surface area (Å²) >= 11 is 0. The van der Waals surface area contributed by atoms with Crippen molar-refractivity contribution in [2.45, 2.75) is 38.0 Å². The molecule has 1 heterocycles. The molecule has 1 N–H and O–H groups in total. The molecule has 2 aromatic rings. The van der Waals surface area contributed by atoms with E-state index in [0.29, 0.717) is 37.4 Å². The predicted molar refractivity (Wildman–Crippen MR) is 114 cm³/mol. The number of hydrogen-bond donors (Lipinski definition) is 1. The molecule has 3 rings (SSSR count). The van der Waals surface area contributed by atoms with Crippen molar-refractivity contribution < 1.29 is 17.9 Å². The third-order valence-corrected chi connectivity index (χ3v) is 6.55. The first kappa shape index (κ1) is 21.3. The van der Waals surface area contributed by atoms with Crippen LogP contribution in [0.15, 0.2) is 47.4 Å². The van der Waals surface area contributed by atoms with Crippen molar-refractivity contribution in [2.75, 3.05) is 31.0 Å². The van der Waals surface area contributed by atoms with Crippen LogP contribution in [-0.4, -0.2) is 45.5 Å². The summed E-state index contributed by atoms with van der Waals surface area (Å²) in [5.41, 5.74) is 2.03. The van der Waals surface area contributed by atoms with Gasteiger partial charge in [0.2, 0.25) is 0 Å². The number of anilines is 1. The lowest BCUT2D eigenvalue weighted by atomic mass is 9.87. The van der Waals surface area contributed by atoms with Crippen molar-refractivity contribution >= 4 is 21.6 Å². The largest absolute Gasteiger partial charge is 0.378 e. The second-order valence-electron chi connectivity index (χ2n) is 8.29. The van der Waals surface area contributed by atoms with Gasteiger partial charge in [0.25, 0.3) is 15.9 Å². The average Bonchev–Trinajstić information content (AvgIpc) is 2.67. The molecular formula is C22H28N2O4S. The third kappa shape index (κ3) is 4.79. The smallest absolute Gasteiger partial charge is 0.262 e. The first-order valence-corrected chi connectivity index (χ1v) is 11.2. The molecule has 1 aliphatic heterocycles. The molecule has 0 spiro atoms. The van der Waals surface area contributed by atoms with Gasteiger partial charge in [-0.1, -0.05) is 45.0 Å². The molecule has 1 saturated heterocycles. The van der Waals surface area contributed by atoms with Gasteiger partial charge >= 0.3 is 0 Å². The maximum absolute atomic E-state index is 13.2. The molecule has 2 aromatic carbocycles. The van der Waals surface area contributed by atoms with Crippen molar-refractivity contribution in [3.8, 4) is 0 Å². The lowest BCUT2D eigenvalue weighted by Crippen LogP contribution is -2.41. The molecule has 156 valence electrons. The molecule has 0 unspecified atom stereocenters. The Hall–Kier alpha value is -2.38. The summed E-state index contributed by atoms with van der Waals surface area (Å²) in [6, 6.07) is 12.2. The number of hydrogen-bond acceptors (Lipinski definition) is 4. The first-order chi connectivity index (χ1) is 13.6. The Balaban J connectivity index is 1.95. The number of sulfonamides is 1. The molecule has 29 heavy (non-hydrogen) atoms. The summed E-state index contributed by atoms with van der Waals surface area (Å²) in [6.07, 6.45) is 0. The lowest BCUT2D eigenvalue weighted by molar-refractivity contribution is 0.0303. The summed E-state index contributed by atoms with van der Waals surface area (Å²) in [6.45, 7) is 9.84. The van der Waals surface area contributed by atoms with Crippen molar-refractivity contribution in [1.82, 2.24) is 4.90 Å². The van der Waals surface area contributed by atoms with Crippen LogP contribution in [-0.2, 0) is 20.2 Å². The van der Waals surface area contributed by atoms with Gasteiger partial charge in [0.05, 0.1) is 29.4 Å². The fraction of sp³-hybridized carbons (Fsp3) is 0.409. The monoisotopic (exact) mass is 416 g/mol. The van der Waals surface area contributed by atoms with Crippen molar-refractivity contribution in [2.24, 2.45) is 0 Å². The van der Waals surface area contributed by atoms with Gasteiger partial charge in [0, 0.05) is 13.1 Å². The van der Waals surface area contributed by atoms with Crippen molar-refractivity contribution in [3.05, 3.63) is 59.2 Å². The van der Waals surface area contributed by atoms with E-state index >= 15 is 0 Å². The maximum atomic E-state index is 13.2. The lowest BCUT2D eigenvalue weighted by Gasteiger charge is -2.27. The zero-order valence-corrected chi connectivity index (χ0v) is 18.2. The zero-order chi connectivity index (χ0) is 21.2. The van der Waals surface area contributed by atoms with Gasteiger partial charge in [-0.25, -0.2) is 8.42 Å². The number of benzene rings is 2. The minimum atomic E-state index is -3.86. The standard InChI is InChI=1S/C22H28N2O4S/c1-16-9-10-17(22(2,3)4)15-20(16)29(26,27)23-19-8-6-5-7-18(19)21(25)24-11-13-28-14-12-24/h5-10,15,23H,11-14H2,1-4H3. The van der Waals surface area contributed by atoms with Crippen LogP contribution in [0.4, 0.5) is 5.69 Å². The fourth-order valence-electron chi connectivity index (χ4n) is 3.25. The van der Waals surface area contributed by atoms with Crippen LogP contribution in [0.1, 0.15) is 42.3 Å². The Morgan fingerprint density at radius 3 is 2.38 bits per heavy atom. The molecule has 0 aromatic heterocycles. The van der Waals surface area contributed by atoms with E-state index in [1.807, 2.05) is 32.9 Å². The number of rotatable bonds is 4. The number of aryl methyl sites for hydroxylation is 1. The number of ether oxygens (including phenoxy) is 1. The number of nitrogens with one attached hydrogen (secondary N) is 1. The molecule has 6 nitrogen and oxygen atoms in total. The Labute approximate surface area is 172 Å². The van der Waals surface area contributed by atoms with E-state index in [4.69, 9.17) is 4.74 Å². The minimum absolute atomic E-state index is 0.178. The number of carbonyl (C=O) groups is 1. The van der Waals surface area contributed by atoms with Gasteiger partial charge in [-0.05, 0) is 41.7 Å². The number of carbonyl (C=O) groups excluding carboxylic acids is 1. The summed E-state index contributed by atoms with van der Waals surface area (Å²) < 4.78 is 34.3. The molecule has 1 aliphatic rings. The molecule has 0 bridgehead atoms. The van der Waals surface area contributed by atoms with Gasteiger partial charge < -0.3 is 9.64 Å². The van der Waals surface area contributed by atoms with Crippen LogP contribution in [0.25, 0.3) is 0 Å². The Morgan fingerprint density at radius 1 is 1.07 bits per heavy atom. The van der Waals surface area contributed by atoms with E-state index in [2.05, 4.69) is 4.72 Å². The van der Waals surface area contributed by atoms with Crippen LogP contribution in [0.2, 0.25) is 0 Å². The molecule has 0 saturated carbocycles. The molecule has 7 heteroatoms. The Kier molecular flexibility index (Phi) is 6.00. The quantitative estimate of drug-likeness (QED) is 0.827. The summed E-state index contributed by atoms with van der Waals surface area (Å²) in [4.78, 5) is 14.8. The van der Waals surface area contributed by atoms with E-state index in [9.17, 15) is 13.2 Å². The van der Waals surface area contributed by atoms with E-state index in [0.717, 1.165) is 5.56 Å². The van der Waals surface area contributed by atoms with Gasteiger partial charge in [-0.3, -0.25) is 9.52 Å². The molecule has 0 aliphatic carbocycles. The molecule has 1 fully saturated rings. The molecule has 0 radical (unpaired) electrons. The Morgan fingerprint density at radius 2 is 1.72 bits per heavy atom. The zero-order valence-electron chi connectivity index (χ0n) is 17.4. The van der Waals surface area contributed by atoms with E-state index in [1.54, 1.807) is 42.2 Å². The molecular weight excluding hydrogens is 388 g/mol. The highest BCUT2D eigenvalue weighted by Crippen LogP contribution is 2.28. The first-order valence-electron chi connectivity index (χ1n) is 9.69.